The van der Waals surface area contributed by atoms with Gasteiger partial charge < -0.3 is 15.2 Å². The van der Waals surface area contributed by atoms with Gasteiger partial charge in [0.05, 0.1) is 5.75 Å². The molecule has 25 heavy (non-hydrogen) atoms. The third-order valence-corrected chi connectivity index (χ3v) is 4.95. The van der Waals surface area contributed by atoms with Crippen molar-refractivity contribution < 1.29 is 9.59 Å². The molecular weight excluding hydrogens is 342 g/mol. The maximum absolute atomic E-state index is 12.5. The van der Waals surface area contributed by atoms with Crippen LogP contribution in [-0.4, -0.2) is 60.3 Å². The highest BCUT2D eigenvalue weighted by Crippen LogP contribution is 2.26. The van der Waals surface area contributed by atoms with Crippen molar-refractivity contribution >= 4 is 23.6 Å². The smallest absolute Gasteiger partial charge is 0.237 e. The maximum atomic E-state index is 12.5. The number of hydrogen-bond donors (Lipinski definition) is 2. The molecule has 2 aromatic heterocycles. The van der Waals surface area contributed by atoms with E-state index in [-0.39, 0.29) is 18.4 Å². The number of rotatable bonds is 6. The number of aromatic nitrogens is 5. The summed E-state index contributed by atoms with van der Waals surface area (Å²) in [5.74, 6) is 1.62. The second-order valence-electron chi connectivity index (χ2n) is 6.05. The summed E-state index contributed by atoms with van der Waals surface area (Å²) in [6.07, 6.45) is 5.26. The molecule has 1 atom stereocenters. The van der Waals surface area contributed by atoms with E-state index in [0.717, 1.165) is 31.0 Å². The van der Waals surface area contributed by atoms with Gasteiger partial charge in [-0.25, -0.2) is 9.97 Å². The molecule has 0 aromatic carbocycles. The first-order chi connectivity index (χ1) is 12.0. The molecule has 0 spiro atoms. The molecule has 1 fully saturated rings. The number of nitrogens with two attached hydrogens (primary N) is 1. The molecule has 2 aromatic rings. The van der Waals surface area contributed by atoms with Crippen molar-refractivity contribution in [3.8, 4) is 0 Å². The Balaban J connectivity index is 1.60. The number of hydrogen-bond acceptors (Lipinski definition) is 6. The second-order valence-corrected chi connectivity index (χ2v) is 6.99. The van der Waals surface area contributed by atoms with Gasteiger partial charge in [0.2, 0.25) is 17.0 Å². The van der Waals surface area contributed by atoms with Crippen LogP contribution < -0.4 is 5.73 Å². The minimum Gasteiger partial charge on any atom is -0.368 e. The van der Waals surface area contributed by atoms with Crippen LogP contribution in [0.3, 0.4) is 0 Å². The van der Waals surface area contributed by atoms with Crippen molar-refractivity contribution in [3.05, 3.63) is 24.0 Å². The van der Waals surface area contributed by atoms with Crippen molar-refractivity contribution in [2.75, 3.05) is 18.8 Å². The minimum absolute atomic E-state index is 0.0603. The first-order valence-corrected chi connectivity index (χ1v) is 9.10. The van der Waals surface area contributed by atoms with E-state index in [2.05, 4.69) is 20.2 Å². The summed E-state index contributed by atoms with van der Waals surface area (Å²) >= 11 is 1.33. The molecule has 0 aliphatic carbocycles. The SMILES string of the molecule is Cc1nc(SCC(=O)N2CCCC(c3nccn3CC(N)=O)C2)n[nH]1. The maximum Gasteiger partial charge on any atom is 0.237 e. The van der Waals surface area contributed by atoms with E-state index in [9.17, 15) is 9.59 Å². The highest BCUT2D eigenvalue weighted by Gasteiger charge is 2.27. The lowest BCUT2D eigenvalue weighted by molar-refractivity contribution is -0.129. The zero-order valence-corrected chi connectivity index (χ0v) is 14.8. The fraction of sp³-hybridized carbons (Fsp3) is 0.533. The number of H-pyrrole nitrogens is 1. The summed E-state index contributed by atoms with van der Waals surface area (Å²) in [4.78, 5) is 34.1. The van der Waals surface area contributed by atoms with Crippen LogP contribution in [0.2, 0.25) is 0 Å². The van der Waals surface area contributed by atoms with Crippen molar-refractivity contribution in [1.82, 2.24) is 29.6 Å². The number of primary amides is 1. The zero-order valence-electron chi connectivity index (χ0n) is 14.0. The van der Waals surface area contributed by atoms with Crippen LogP contribution in [-0.2, 0) is 16.1 Å². The number of amides is 2. The van der Waals surface area contributed by atoms with E-state index in [0.29, 0.717) is 17.5 Å². The molecule has 3 N–H and O–H groups in total. The molecular formula is C15H21N7O2S. The summed E-state index contributed by atoms with van der Waals surface area (Å²) < 4.78 is 1.77. The molecule has 1 aliphatic heterocycles. The number of nitrogens with one attached hydrogen (secondary N) is 1. The van der Waals surface area contributed by atoms with Crippen LogP contribution in [0.25, 0.3) is 0 Å². The molecule has 0 radical (unpaired) electrons. The molecule has 1 unspecified atom stereocenters. The molecule has 3 heterocycles. The molecule has 0 saturated carbocycles. The topological polar surface area (TPSA) is 123 Å². The van der Waals surface area contributed by atoms with Crippen molar-refractivity contribution in [2.24, 2.45) is 5.73 Å². The lowest BCUT2D eigenvalue weighted by atomic mass is 9.97. The Labute approximate surface area is 149 Å². The van der Waals surface area contributed by atoms with Gasteiger partial charge in [0.1, 0.15) is 18.2 Å². The Morgan fingerprint density at radius 2 is 2.32 bits per heavy atom. The van der Waals surface area contributed by atoms with Crippen LogP contribution in [0, 0.1) is 6.92 Å². The molecule has 3 rings (SSSR count). The van der Waals surface area contributed by atoms with E-state index < -0.39 is 5.91 Å². The molecule has 134 valence electrons. The van der Waals surface area contributed by atoms with Gasteiger partial charge in [-0.2, -0.15) is 0 Å². The van der Waals surface area contributed by atoms with Crippen LogP contribution in [0.15, 0.2) is 17.6 Å². The van der Waals surface area contributed by atoms with E-state index in [1.54, 1.807) is 17.0 Å². The Kier molecular flexibility index (Phi) is 5.37. The molecule has 1 aliphatic rings. The Morgan fingerprint density at radius 3 is 3.04 bits per heavy atom. The fourth-order valence-electron chi connectivity index (χ4n) is 3.00. The average Bonchev–Trinajstić information content (AvgIpc) is 3.21. The largest absolute Gasteiger partial charge is 0.368 e. The van der Waals surface area contributed by atoms with Crippen LogP contribution in [0.1, 0.15) is 30.4 Å². The first-order valence-electron chi connectivity index (χ1n) is 8.12. The number of piperidine rings is 1. The van der Waals surface area contributed by atoms with Gasteiger partial charge in [0.15, 0.2) is 0 Å². The molecule has 2 amide bonds. The van der Waals surface area contributed by atoms with E-state index in [1.807, 2.05) is 11.8 Å². The lowest BCUT2D eigenvalue weighted by Crippen LogP contribution is -2.40. The lowest BCUT2D eigenvalue weighted by Gasteiger charge is -2.32. The van der Waals surface area contributed by atoms with E-state index in [4.69, 9.17) is 5.73 Å². The normalized spacial score (nSPS) is 17.6. The minimum atomic E-state index is -0.402. The fourth-order valence-corrected chi connectivity index (χ4v) is 3.75. The number of thioether (sulfide) groups is 1. The molecule has 10 heteroatoms. The summed E-state index contributed by atoms with van der Waals surface area (Å²) in [6, 6.07) is 0. The van der Waals surface area contributed by atoms with E-state index >= 15 is 0 Å². The van der Waals surface area contributed by atoms with Crippen LogP contribution in [0.5, 0.6) is 0 Å². The summed E-state index contributed by atoms with van der Waals surface area (Å²) in [5, 5.41) is 7.37. The molecule has 0 bridgehead atoms. The monoisotopic (exact) mass is 363 g/mol. The number of imidazole rings is 1. The van der Waals surface area contributed by atoms with Gasteiger partial charge >= 0.3 is 0 Å². The van der Waals surface area contributed by atoms with E-state index in [1.165, 1.54) is 11.8 Å². The Morgan fingerprint density at radius 1 is 1.48 bits per heavy atom. The predicted molar refractivity (Wildman–Crippen MR) is 91.8 cm³/mol. The third kappa shape index (κ3) is 4.38. The van der Waals surface area contributed by atoms with Crippen molar-refractivity contribution in [2.45, 2.75) is 37.4 Å². The summed E-state index contributed by atoms with van der Waals surface area (Å²) in [6.45, 7) is 3.27. The summed E-state index contributed by atoms with van der Waals surface area (Å²) in [5.41, 5.74) is 5.28. The number of aromatic amines is 1. The summed E-state index contributed by atoms with van der Waals surface area (Å²) in [7, 11) is 0. The number of aryl methyl sites for hydroxylation is 1. The zero-order chi connectivity index (χ0) is 17.8. The number of nitrogens with zero attached hydrogens (tertiary/aromatic N) is 5. The Hall–Kier alpha value is -2.36. The van der Waals surface area contributed by atoms with Gasteiger partial charge in [0.25, 0.3) is 0 Å². The highest BCUT2D eigenvalue weighted by molar-refractivity contribution is 7.99. The Bertz CT molecular complexity index is 757. The highest BCUT2D eigenvalue weighted by atomic mass is 32.2. The second kappa shape index (κ2) is 7.68. The van der Waals surface area contributed by atoms with Gasteiger partial charge in [-0.1, -0.05) is 11.8 Å². The van der Waals surface area contributed by atoms with Crippen LogP contribution in [0.4, 0.5) is 0 Å². The molecule has 1 saturated heterocycles. The number of carbonyl (C=O) groups is 2. The first kappa shape index (κ1) is 17.5. The number of carbonyl (C=O) groups excluding carboxylic acids is 2. The van der Waals surface area contributed by atoms with Crippen molar-refractivity contribution in [1.29, 1.82) is 0 Å². The van der Waals surface area contributed by atoms with Gasteiger partial charge in [0, 0.05) is 31.4 Å². The molecule has 9 nitrogen and oxygen atoms in total. The van der Waals surface area contributed by atoms with Gasteiger partial charge in [-0.3, -0.25) is 14.7 Å². The van der Waals surface area contributed by atoms with Gasteiger partial charge in [-0.05, 0) is 19.8 Å². The van der Waals surface area contributed by atoms with Crippen LogP contribution >= 0.6 is 11.8 Å². The average molecular weight is 363 g/mol. The predicted octanol–water partition coefficient (Wildman–Crippen LogP) is 0.293. The quantitative estimate of drug-likeness (QED) is 0.711. The number of likely N-dealkylation sites (tertiary alicyclic amines) is 1. The standard InChI is InChI=1S/C15H21N7O2S/c1-10-18-15(20-19-10)25-9-13(24)21-5-2-3-11(7-21)14-17-4-6-22(14)8-12(16)23/h4,6,11H,2-3,5,7-9H2,1H3,(H2,16,23)(H,18,19,20). The third-order valence-electron chi connectivity index (χ3n) is 4.11. The van der Waals surface area contributed by atoms with Crippen molar-refractivity contribution in [3.63, 3.8) is 0 Å². The van der Waals surface area contributed by atoms with Gasteiger partial charge in [-0.15, -0.1) is 5.10 Å².